The summed E-state index contributed by atoms with van der Waals surface area (Å²) in [5.74, 6) is -0.613. The van der Waals surface area contributed by atoms with Crippen LogP contribution in [0, 0.1) is 11.3 Å². The van der Waals surface area contributed by atoms with Crippen molar-refractivity contribution in [2.75, 3.05) is 13.1 Å². The lowest BCUT2D eigenvalue weighted by Crippen LogP contribution is -2.61. The largest absolute Gasteiger partial charge is 0.481 e. The highest BCUT2D eigenvalue weighted by Crippen LogP contribution is 2.49. The number of hydrogen-bond donors (Lipinski definition) is 2. The molecule has 4 rings (SSSR count). The lowest BCUT2D eigenvalue weighted by molar-refractivity contribution is -0.169. The summed E-state index contributed by atoms with van der Waals surface area (Å²) in [6.45, 7) is 0.517. The molecular formula is C21H26ClNO4. The lowest BCUT2D eigenvalue weighted by Gasteiger charge is -2.49. The third-order valence-corrected chi connectivity index (χ3v) is 7.11. The van der Waals surface area contributed by atoms with Crippen molar-refractivity contribution < 1.29 is 19.8 Å². The maximum absolute atomic E-state index is 13.5. The number of piperidine rings is 1. The second-order valence-corrected chi connectivity index (χ2v) is 9.02. The number of hydrogen-bond acceptors (Lipinski definition) is 3. The van der Waals surface area contributed by atoms with Gasteiger partial charge in [-0.15, -0.1) is 0 Å². The number of aliphatic hydroxyl groups excluding tert-OH is 1. The fourth-order valence-electron chi connectivity index (χ4n) is 4.82. The molecule has 27 heavy (non-hydrogen) atoms. The summed E-state index contributed by atoms with van der Waals surface area (Å²) in [6, 6.07) is 7.43. The monoisotopic (exact) mass is 391 g/mol. The van der Waals surface area contributed by atoms with Crippen LogP contribution in [0.1, 0.15) is 50.5 Å². The molecule has 1 heterocycles. The Morgan fingerprint density at radius 2 is 1.81 bits per heavy atom. The summed E-state index contributed by atoms with van der Waals surface area (Å²) in [7, 11) is 0. The van der Waals surface area contributed by atoms with E-state index >= 15 is 0 Å². The highest BCUT2D eigenvalue weighted by atomic mass is 35.5. The van der Waals surface area contributed by atoms with E-state index in [4.69, 9.17) is 11.6 Å². The number of aliphatic hydroxyl groups is 1. The van der Waals surface area contributed by atoms with Crippen LogP contribution >= 0.6 is 11.6 Å². The zero-order valence-corrected chi connectivity index (χ0v) is 16.1. The Labute approximate surface area is 164 Å². The topological polar surface area (TPSA) is 77.8 Å². The molecule has 1 aromatic carbocycles. The summed E-state index contributed by atoms with van der Waals surface area (Å²) >= 11 is 6.01. The second-order valence-electron chi connectivity index (χ2n) is 8.58. The molecule has 6 heteroatoms. The van der Waals surface area contributed by atoms with E-state index in [0.717, 1.165) is 37.7 Å². The third kappa shape index (κ3) is 3.15. The first-order valence-electron chi connectivity index (χ1n) is 9.84. The van der Waals surface area contributed by atoms with E-state index in [1.165, 1.54) is 0 Å². The van der Waals surface area contributed by atoms with Gasteiger partial charge in [0.2, 0.25) is 5.91 Å². The summed E-state index contributed by atoms with van der Waals surface area (Å²) in [4.78, 5) is 27.4. The first kappa shape index (κ1) is 18.8. The Morgan fingerprint density at radius 1 is 1.15 bits per heavy atom. The van der Waals surface area contributed by atoms with Crippen molar-refractivity contribution in [2.24, 2.45) is 11.3 Å². The molecule has 1 amide bonds. The van der Waals surface area contributed by atoms with Gasteiger partial charge in [-0.25, -0.2) is 0 Å². The van der Waals surface area contributed by atoms with Crippen molar-refractivity contribution in [3.63, 3.8) is 0 Å². The minimum atomic E-state index is -1.24. The van der Waals surface area contributed by atoms with Crippen LogP contribution in [0.15, 0.2) is 24.3 Å². The number of carbonyl (C=O) groups is 2. The Morgan fingerprint density at radius 3 is 2.33 bits per heavy atom. The number of nitrogens with zero attached hydrogens (tertiary/aromatic N) is 1. The van der Waals surface area contributed by atoms with Crippen LogP contribution in [0.5, 0.6) is 0 Å². The average molecular weight is 392 g/mol. The number of rotatable bonds is 5. The Kier molecular flexibility index (Phi) is 4.71. The molecular weight excluding hydrogens is 366 g/mol. The van der Waals surface area contributed by atoms with Gasteiger partial charge in [-0.2, -0.15) is 0 Å². The number of amides is 1. The van der Waals surface area contributed by atoms with Gasteiger partial charge < -0.3 is 15.1 Å². The molecule has 5 nitrogen and oxygen atoms in total. The molecule has 146 valence electrons. The number of benzene rings is 1. The van der Waals surface area contributed by atoms with Crippen molar-refractivity contribution in [1.82, 2.24) is 4.90 Å². The number of carbonyl (C=O) groups excluding carboxylic acids is 1. The zero-order valence-electron chi connectivity index (χ0n) is 15.4. The predicted molar refractivity (Wildman–Crippen MR) is 102 cm³/mol. The average Bonchev–Trinajstić information content (AvgIpc) is 3.41. The van der Waals surface area contributed by atoms with E-state index in [0.29, 0.717) is 30.3 Å². The number of likely N-dealkylation sites (tertiary alicyclic amines) is 1. The Balaban J connectivity index is 1.60. The minimum Gasteiger partial charge on any atom is -0.481 e. The van der Waals surface area contributed by atoms with Gasteiger partial charge in [-0.3, -0.25) is 9.59 Å². The van der Waals surface area contributed by atoms with E-state index < -0.39 is 22.9 Å². The fourth-order valence-corrected chi connectivity index (χ4v) is 4.94. The highest BCUT2D eigenvalue weighted by Gasteiger charge is 2.55. The van der Waals surface area contributed by atoms with E-state index in [1.54, 1.807) is 17.0 Å². The van der Waals surface area contributed by atoms with Crippen LogP contribution in [-0.4, -0.2) is 46.2 Å². The maximum Gasteiger partial charge on any atom is 0.314 e. The van der Waals surface area contributed by atoms with Gasteiger partial charge in [-0.1, -0.05) is 43.0 Å². The predicted octanol–water partition coefficient (Wildman–Crippen LogP) is 3.23. The van der Waals surface area contributed by atoms with Crippen LogP contribution in [0.3, 0.4) is 0 Å². The number of halogens is 1. The smallest absolute Gasteiger partial charge is 0.314 e. The van der Waals surface area contributed by atoms with Crippen LogP contribution in [0.4, 0.5) is 0 Å². The van der Waals surface area contributed by atoms with Crippen molar-refractivity contribution in [2.45, 2.75) is 56.5 Å². The molecule has 0 bridgehead atoms. The molecule has 1 aromatic rings. The van der Waals surface area contributed by atoms with Gasteiger partial charge in [0.05, 0.1) is 11.5 Å². The first-order chi connectivity index (χ1) is 12.9. The van der Waals surface area contributed by atoms with Gasteiger partial charge in [0.15, 0.2) is 0 Å². The van der Waals surface area contributed by atoms with Crippen molar-refractivity contribution in [3.8, 4) is 0 Å². The van der Waals surface area contributed by atoms with Gasteiger partial charge >= 0.3 is 5.97 Å². The molecule has 1 aliphatic heterocycles. The third-order valence-electron chi connectivity index (χ3n) is 6.86. The number of carboxylic acids is 1. The zero-order chi connectivity index (χ0) is 19.2. The maximum atomic E-state index is 13.5. The quantitative estimate of drug-likeness (QED) is 0.807. The summed E-state index contributed by atoms with van der Waals surface area (Å²) < 4.78 is 0. The summed E-state index contributed by atoms with van der Waals surface area (Å²) in [5, 5.41) is 21.1. The number of carboxylic acid groups (broad SMARTS) is 1. The SMILES string of the molecule is O=C(N1CC[C@@H](O)[C@@](CC2CC2)(C(=O)O)C1)C1(c2ccc(Cl)cc2)CCC1. The van der Waals surface area contributed by atoms with Crippen LogP contribution in [-0.2, 0) is 15.0 Å². The van der Waals surface area contributed by atoms with Crippen molar-refractivity contribution >= 4 is 23.5 Å². The lowest BCUT2D eigenvalue weighted by atomic mass is 9.63. The summed E-state index contributed by atoms with van der Waals surface area (Å²) in [6.07, 6.45) is 4.45. The molecule has 0 unspecified atom stereocenters. The number of aliphatic carboxylic acids is 1. The highest BCUT2D eigenvalue weighted by molar-refractivity contribution is 6.30. The van der Waals surface area contributed by atoms with E-state index in [1.807, 2.05) is 12.1 Å². The normalized spacial score (nSPS) is 29.9. The van der Waals surface area contributed by atoms with E-state index in [9.17, 15) is 19.8 Å². The molecule has 0 spiro atoms. The molecule has 1 saturated heterocycles. The Bertz CT molecular complexity index is 741. The minimum absolute atomic E-state index is 0.00407. The fraction of sp³-hybridized carbons (Fsp3) is 0.619. The van der Waals surface area contributed by atoms with E-state index in [2.05, 4.69) is 0 Å². The van der Waals surface area contributed by atoms with Gasteiger partial charge in [0.25, 0.3) is 0 Å². The first-order valence-corrected chi connectivity index (χ1v) is 10.2. The van der Waals surface area contributed by atoms with Gasteiger partial charge in [0.1, 0.15) is 5.41 Å². The van der Waals surface area contributed by atoms with Crippen molar-refractivity contribution in [1.29, 1.82) is 0 Å². The molecule has 3 aliphatic rings. The van der Waals surface area contributed by atoms with Crippen LogP contribution in [0.25, 0.3) is 0 Å². The Hall–Kier alpha value is -1.59. The summed E-state index contributed by atoms with van der Waals surface area (Å²) in [5.41, 5.74) is -0.853. The van der Waals surface area contributed by atoms with Crippen LogP contribution in [0.2, 0.25) is 5.02 Å². The second kappa shape index (κ2) is 6.78. The molecule has 0 aromatic heterocycles. The van der Waals surface area contributed by atoms with Crippen molar-refractivity contribution in [3.05, 3.63) is 34.9 Å². The van der Waals surface area contributed by atoms with Crippen LogP contribution < -0.4 is 0 Å². The molecule has 2 aliphatic carbocycles. The molecule has 0 radical (unpaired) electrons. The molecule has 2 atom stereocenters. The standard InChI is InChI=1S/C21H26ClNO4/c22-16-6-4-15(5-7-16)20(9-1-10-20)18(25)23-11-8-17(24)21(13-23,19(26)27)12-14-2-3-14/h4-7,14,17,24H,1-3,8-13H2,(H,26,27)/t17-,21+/m1/s1. The van der Waals surface area contributed by atoms with Gasteiger partial charge in [-0.05, 0) is 49.3 Å². The van der Waals surface area contributed by atoms with Gasteiger partial charge in [0, 0.05) is 18.1 Å². The van der Waals surface area contributed by atoms with E-state index in [-0.39, 0.29) is 12.5 Å². The molecule has 2 saturated carbocycles. The molecule has 3 fully saturated rings. The molecule has 2 N–H and O–H groups in total.